The van der Waals surface area contributed by atoms with Gasteiger partial charge in [0.15, 0.2) is 0 Å². The van der Waals surface area contributed by atoms with Gasteiger partial charge in [-0.15, -0.1) is 0 Å². The Kier molecular flexibility index (Phi) is 6.62. The van der Waals surface area contributed by atoms with Gasteiger partial charge in [0.25, 0.3) is 0 Å². The highest BCUT2D eigenvalue weighted by Gasteiger charge is 2.07. The molecule has 0 aromatic heterocycles. The molecule has 2 rings (SSSR count). The van der Waals surface area contributed by atoms with Crippen molar-refractivity contribution in [1.29, 1.82) is 0 Å². The highest BCUT2D eigenvalue weighted by atomic mass is 16.6. The van der Waals surface area contributed by atoms with Crippen LogP contribution < -0.4 is 4.74 Å². The zero-order valence-electron chi connectivity index (χ0n) is 14.0. The van der Waals surface area contributed by atoms with Crippen molar-refractivity contribution in [3.8, 4) is 5.75 Å². The quantitative estimate of drug-likeness (QED) is 0.541. The van der Waals surface area contributed by atoms with Gasteiger partial charge in [-0.05, 0) is 55.5 Å². The van der Waals surface area contributed by atoms with Crippen LogP contribution in [0.5, 0.6) is 5.75 Å². The third-order valence-corrected chi connectivity index (χ3v) is 3.61. The smallest absolute Gasteiger partial charge is 0.330 e. The first-order chi connectivity index (χ1) is 11.6. The van der Waals surface area contributed by atoms with Crippen molar-refractivity contribution in [1.82, 2.24) is 0 Å². The van der Waals surface area contributed by atoms with Crippen LogP contribution in [0.1, 0.15) is 23.6 Å². The Labute approximate surface area is 143 Å². The topological polar surface area (TPSA) is 35.5 Å². The van der Waals surface area contributed by atoms with Crippen molar-refractivity contribution in [3.05, 3.63) is 84.8 Å². The summed E-state index contributed by atoms with van der Waals surface area (Å²) in [5.74, 6) is 0.318. The number of esters is 1. The van der Waals surface area contributed by atoms with Gasteiger partial charge in [-0.1, -0.05) is 43.0 Å². The molecule has 1 atom stereocenters. The average Bonchev–Trinajstić information content (AvgIpc) is 2.61. The van der Waals surface area contributed by atoms with Crippen molar-refractivity contribution in [2.24, 2.45) is 0 Å². The lowest BCUT2D eigenvalue weighted by molar-refractivity contribution is -0.143. The normalized spacial score (nSPS) is 11.6. The summed E-state index contributed by atoms with van der Waals surface area (Å²) < 4.78 is 10.7. The predicted molar refractivity (Wildman–Crippen MR) is 96.0 cm³/mol. The van der Waals surface area contributed by atoms with Gasteiger partial charge in [0, 0.05) is 6.08 Å². The highest BCUT2D eigenvalue weighted by molar-refractivity contribution is 5.81. The van der Waals surface area contributed by atoms with Crippen molar-refractivity contribution in [2.75, 3.05) is 6.61 Å². The van der Waals surface area contributed by atoms with E-state index < -0.39 is 5.97 Å². The lowest BCUT2D eigenvalue weighted by atomic mass is 10.0. The van der Waals surface area contributed by atoms with Crippen LogP contribution in [0.25, 0.3) is 0 Å². The molecule has 1 unspecified atom stereocenters. The average molecular weight is 323 g/mol. The number of hydrogen-bond donors (Lipinski definition) is 0. The monoisotopic (exact) mass is 323 g/mol. The molecule has 0 bridgehead atoms. The van der Waals surface area contributed by atoms with Crippen LogP contribution in [0.3, 0.4) is 0 Å². The first-order valence-corrected chi connectivity index (χ1v) is 8.02. The van der Waals surface area contributed by atoms with Gasteiger partial charge in [0.2, 0.25) is 0 Å². The molecule has 3 heteroatoms. The number of hydrogen-bond acceptors (Lipinski definition) is 3. The second-order valence-corrected chi connectivity index (χ2v) is 5.65. The van der Waals surface area contributed by atoms with E-state index in [1.165, 1.54) is 16.7 Å². The summed E-state index contributed by atoms with van der Waals surface area (Å²) in [6, 6.07) is 16.5. The van der Waals surface area contributed by atoms with Crippen LogP contribution in [-0.4, -0.2) is 18.7 Å². The van der Waals surface area contributed by atoms with E-state index in [0.29, 0.717) is 6.61 Å². The van der Waals surface area contributed by atoms with E-state index in [4.69, 9.17) is 9.47 Å². The molecule has 0 aliphatic heterocycles. The second-order valence-electron chi connectivity index (χ2n) is 5.65. The van der Waals surface area contributed by atoms with Gasteiger partial charge in [0.05, 0.1) is 0 Å². The maximum atomic E-state index is 11.1. The van der Waals surface area contributed by atoms with E-state index in [0.717, 1.165) is 24.7 Å². The van der Waals surface area contributed by atoms with Crippen LogP contribution in [0.2, 0.25) is 0 Å². The van der Waals surface area contributed by atoms with Crippen molar-refractivity contribution >= 4 is 5.97 Å². The lowest BCUT2D eigenvalue weighted by Crippen LogP contribution is -2.20. The van der Waals surface area contributed by atoms with Gasteiger partial charge in [-0.2, -0.15) is 0 Å². The number of carbonyl (C=O) groups excluding carboxylic acids is 1. The van der Waals surface area contributed by atoms with Gasteiger partial charge in [0.1, 0.15) is 18.5 Å². The fourth-order valence-corrected chi connectivity index (χ4v) is 2.26. The molecule has 2 aromatic carbocycles. The van der Waals surface area contributed by atoms with Crippen LogP contribution in [-0.2, 0) is 22.4 Å². The minimum atomic E-state index is -0.439. The Morgan fingerprint density at radius 1 is 1.04 bits per heavy atom. The Bertz CT molecular complexity index is 656. The minimum Gasteiger partial charge on any atom is -0.490 e. The lowest BCUT2D eigenvalue weighted by Gasteiger charge is -2.13. The fourth-order valence-electron chi connectivity index (χ4n) is 2.26. The SMILES string of the molecule is [CH2]Cc1ccc(Cc2ccc(OCC(C)OC(=O)C=C)cc2)cc1. The summed E-state index contributed by atoms with van der Waals surface area (Å²) in [7, 11) is 0. The van der Waals surface area contributed by atoms with Crippen LogP contribution in [0, 0.1) is 6.92 Å². The molecule has 0 heterocycles. The predicted octanol–water partition coefficient (Wildman–Crippen LogP) is 4.15. The van der Waals surface area contributed by atoms with Crippen LogP contribution in [0.15, 0.2) is 61.2 Å². The molecule has 2 aromatic rings. The summed E-state index contributed by atoms with van der Waals surface area (Å²) in [5.41, 5.74) is 3.73. The van der Waals surface area contributed by atoms with Crippen molar-refractivity contribution < 1.29 is 14.3 Å². The first-order valence-electron chi connectivity index (χ1n) is 8.02. The maximum Gasteiger partial charge on any atom is 0.330 e. The van der Waals surface area contributed by atoms with Crippen LogP contribution >= 0.6 is 0 Å². The van der Waals surface area contributed by atoms with Gasteiger partial charge in [-0.3, -0.25) is 0 Å². The zero-order chi connectivity index (χ0) is 17.4. The molecule has 0 amide bonds. The molecule has 3 nitrogen and oxygen atoms in total. The molecule has 0 aliphatic carbocycles. The van der Waals surface area contributed by atoms with E-state index in [1.807, 2.05) is 24.3 Å². The number of benzene rings is 2. The Hall–Kier alpha value is -2.55. The van der Waals surface area contributed by atoms with E-state index in [9.17, 15) is 4.79 Å². The van der Waals surface area contributed by atoms with Crippen molar-refractivity contribution in [2.45, 2.75) is 25.9 Å². The highest BCUT2D eigenvalue weighted by Crippen LogP contribution is 2.16. The molecule has 0 aliphatic rings. The molecule has 24 heavy (non-hydrogen) atoms. The third-order valence-electron chi connectivity index (χ3n) is 3.61. The maximum absolute atomic E-state index is 11.1. The summed E-state index contributed by atoms with van der Waals surface area (Å²) in [4.78, 5) is 11.1. The number of ether oxygens (including phenoxy) is 2. The Morgan fingerprint density at radius 3 is 2.12 bits per heavy atom. The van der Waals surface area contributed by atoms with E-state index in [1.54, 1.807) is 6.92 Å². The molecule has 0 N–H and O–H groups in total. The minimum absolute atomic E-state index is 0.311. The summed E-state index contributed by atoms with van der Waals surface area (Å²) in [5, 5.41) is 0. The molecular formula is C21H23O3. The van der Waals surface area contributed by atoms with Gasteiger partial charge >= 0.3 is 5.97 Å². The standard InChI is InChI=1S/C21H23O3/c1-4-17-6-8-18(9-7-17)14-19-10-12-20(13-11-19)23-15-16(3)24-21(22)5-2/h5-13,16H,1-2,4,14-15H2,3H3. The second kappa shape index (κ2) is 8.92. The third kappa shape index (κ3) is 5.58. The fraction of sp³-hybridized carbons (Fsp3) is 0.238. The molecular weight excluding hydrogens is 300 g/mol. The van der Waals surface area contributed by atoms with E-state index >= 15 is 0 Å². The van der Waals surface area contributed by atoms with Crippen molar-refractivity contribution in [3.63, 3.8) is 0 Å². The number of rotatable bonds is 8. The summed E-state index contributed by atoms with van der Waals surface area (Å²) >= 11 is 0. The summed E-state index contributed by atoms with van der Waals surface area (Å²) in [6.45, 7) is 9.34. The molecule has 0 saturated heterocycles. The molecule has 0 fully saturated rings. The Balaban J connectivity index is 1.85. The van der Waals surface area contributed by atoms with E-state index in [-0.39, 0.29) is 6.10 Å². The van der Waals surface area contributed by atoms with Gasteiger partial charge in [-0.25, -0.2) is 4.79 Å². The zero-order valence-corrected chi connectivity index (χ0v) is 14.0. The summed E-state index contributed by atoms with van der Waals surface area (Å²) in [6.07, 6.45) is 2.52. The van der Waals surface area contributed by atoms with Gasteiger partial charge < -0.3 is 9.47 Å². The van der Waals surface area contributed by atoms with Crippen LogP contribution in [0.4, 0.5) is 0 Å². The molecule has 0 saturated carbocycles. The molecule has 1 radical (unpaired) electrons. The largest absolute Gasteiger partial charge is 0.490 e. The molecule has 0 spiro atoms. The van der Waals surface area contributed by atoms with E-state index in [2.05, 4.69) is 37.8 Å². The first kappa shape index (κ1) is 17.8. The molecule has 125 valence electrons. The Morgan fingerprint density at radius 2 is 1.58 bits per heavy atom. The number of carbonyl (C=O) groups is 1.